The molecule has 0 radical (unpaired) electrons. The Labute approximate surface area is 92.9 Å². The van der Waals surface area contributed by atoms with Crippen LogP contribution in [-0.2, 0) is 4.74 Å². The normalized spacial score (nSPS) is 9.81. The van der Waals surface area contributed by atoms with E-state index in [0.717, 1.165) is 5.56 Å². The molecule has 0 atom stereocenters. The van der Waals surface area contributed by atoms with Crippen LogP contribution in [0.2, 0.25) is 0 Å². The molecule has 0 bridgehead atoms. The molecule has 0 saturated heterocycles. The lowest BCUT2D eigenvalue weighted by Crippen LogP contribution is -2.06. The predicted molar refractivity (Wildman–Crippen MR) is 58.8 cm³/mol. The third-order valence-electron chi connectivity index (χ3n) is 2.18. The zero-order chi connectivity index (χ0) is 11.4. The van der Waals surface area contributed by atoms with Crippen molar-refractivity contribution in [3.05, 3.63) is 48.5 Å². The summed E-state index contributed by atoms with van der Waals surface area (Å²) < 4.78 is 4.67. The summed E-state index contributed by atoms with van der Waals surface area (Å²) in [5, 5.41) is 0. The van der Waals surface area contributed by atoms with Gasteiger partial charge in [-0.3, -0.25) is 0 Å². The number of esters is 1. The monoisotopic (exact) mass is 214 g/mol. The molecule has 0 aliphatic carbocycles. The quantitative estimate of drug-likeness (QED) is 0.717. The van der Waals surface area contributed by atoms with Gasteiger partial charge in [0.2, 0.25) is 0 Å². The molecule has 0 aliphatic rings. The first-order chi connectivity index (χ1) is 7.83. The van der Waals surface area contributed by atoms with Crippen LogP contribution >= 0.6 is 0 Å². The summed E-state index contributed by atoms with van der Waals surface area (Å²) in [6.45, 7) is 0. The van der Waals surface area contributed by atoms with Crippen LogP contribution in [0.25, 0.3) is 11.1 Å². The maximum atomic E-state index is 11.5. The van der Waals surface area contributed by atoms with E-state index in [1.54, 1.807) is 6.20 Å². The van der Waals surface area contributed by atoms with Gasteiger partial charge in [-0.2, -0.15) is 0 Å². The topological polar surface area (TPSA) is 52.1 Å². The van der Waals surface area contributed by atoms with Crippen molar-refractivity contribution < 1.29 is 9.53 Å². The van der Waals surface area contributed by atoms with Gasteiger partial charge in [-0.25, -0.2) is 14.8 Å². The summed E-state index contributed by atoms with van der Waals surface area (Å²) in [5.74, 6) is -0.457. The van der Waals surface area contributed by atoms with Gasteiger partial charge < -0.3 is 4.74 Å². The number of hydrogen-bond donors (Lipinski definition) is 0. The van der Waals surface area contributed by atoms with E-state index >= 15 is 0 Å². The second kappa shape index (κ2) is 4.53. The molecule has 4 heteroatoms. The Balaban J connectivity index is 2.53. The van der Waals surface area contributed by atoms with Crippen molar-refractivity contribution in [2.45, 2.75) is 0 Å². The van der Waals surface area contributed by atoms with Crippen LogP contribution in [0.1, 0.15) is 10.5 Å². The third kappa shape index (κ3) is 1.91. The standard InChI is InChI=1S/C12H10N2O2/c1-16-12(15)11-10(7-13-8-14-11)9-5-3-2-4-6-9/h2-8H,1H3. The number of aromatic nitrogens is 2. The maximum Gasteiger partial charge on any atom is 0.357 e. The van der Waals surface area contributed by atoms with Crippen molar-refractivity contribution in [1.29, 1.82) is 0 Å². The molecule has 4 nitrogen and oxygen atoms in total. The molecule has 0 saturated carbocycles. The number of methoxy groups -OCH3 is 1. The smallest absolute Gasteiger partial charge is 0.357 e. The zero-order valence-corrected chi connectivity index (χ0v) is 8.75. The van der Waals surface area contributed by atoms with Gasteiger partial charge in [0, 0.05) is 11.8 Å². The Morgan fingerprint density at radius 1 is 1.25 bits per heavy atom. The highest BCUT2D eigenvalue weighted by molar-refractivity contribution is 5.94. The molecule has 2 aromatic rings. The second-order valence-corrected chi connectivity index (χ2v) is 3.14. The number of carbonyl (C=O) groups is 1. The highest BCUT2D eigenvalue weighted by Gasteiger charge is 2.14. The van der Waals surface area contributed by atoms with Gasteiger partial charge in [0.1, 0.15) is 6.33 Å². The molecule has 80 valence electrons. The fourth-order valence-electron chi connectivity index (χ4n) is 1.42. The van der Waals surface area contributed by atoms with Gasteiger partial charge in [-0.15, -0.1) is 0 Å². The fraction of sp³-hybridized carbons (Fsp3) is 0.0833. The summed E-state index contributed by atoms with van der Waals surface area (Å²) in [7, 11) is 1.33. The summed E-state index contributed by atoms with van der Waals surface area (Å²) >= 11 is 0. The van der Waals surface area contributed by atoms with E-state index < -0.39 is 5.97 Å². The van der Waals surface area contributed by atoms with E-state index in [1.165, 1.54) is 13.4 Å². The lowest BCUT2D eigenvalue weighted by molar-refractivity contribution is 0.0595. The average Bonchev–Trinajstić information content (AvgIpc) is 2.39. The van der Waals surface area contributed by atoms with Crippen molar-refractivity contribution in [2.75, 3.05) is 7.11 Å². The summed E-state index contributed by atoms with van der Waals surface area (Å²) in [6, 6.07) is 9.48. The van der Waals surface area contributed by atoms with E-state index in [2.05, 4.69) is 14.7 Å². The van der Waals surface area contributed by atoms with Crippen LogP contribution in [0.15, 0.2) is 42.9 Å². The van der Waals surface area contributed by atoms with Gasteiger partial charge in [0.25, 0.3) is 0 Å². The summed E-state index contributed by atoms with van der Waals surface area (Å²) in [5.41, 5.74) is 1.85. The van der Waals surface area contributed by atoms with Crippen LogP contribution in [0.5, 0.6) is 0 Å². The lowest BCUT2D eigenvalue weighted by Gasteiger charge is -2.05. The number of ether oxygens (including phenoxy) is 1. The molecular weight excluding hydrogens is 204 g/mol. The molecule has 0 N–H and O–H groups in total. The van der Waals surface area contributed by atoms with Gasteiger partial charge in [0.15, 0.2) is 5.69 Å². The highest BCUT2D eigenvalue weighted by Crippen LogP contribution is 2.21. The molecule has 16 heavy (non-hydrogen) atoms. The third-order valence-corrected chi connectivity index (χ3v) is 2.18. The molecule has 1 aromatic heterocycles. The molecular formula is C12H10N2O2. The van der Waals surface area contributed by atoms with Crippen molar-refractivity contribution in [3.63, 3.8) is 0 Å². The van der Waals surface area contributed by atoms with Crippen molar-refractivity contribution in [1.82, 2.24) is 9.97 Å². The Hall–Kier alpha value is -2.23. The Kier molecular flexibility index (Phi) is 2.91. The first kappa shape index (κ1) is 10.3. The van der Waals surface area contributed by atoms with Gasteiger partial charge in [-0.05, 0) is 5.56 Å². The number of rotatable bonds is 2. The minimum atomic E-state index is -0.457. The number of hydrogen-bond acceptors (Lipinski definition) is 4. The van der Waals surface area contributed by atoms with E-state index in [0.29, 0.717) is 5.56 Å². The van der Waals surface area contributed by atoms with E-state index in [9.17, 15) is 4.79 Å². The lowest BCUT2D eigenvalue weighted by atomic mass is 10.1. The first-order valence-electron chi connectivity index (χ1n) is 4.76. The largest absolute Gasteiger partial charge is 0.464 e. The van der Waals surface area contributed by atoms with Gasteiger partial charge >= 0.3 is 5.97 Å². The number of benzene rings is 1. The molecule has 0 aliphatic heterocycles. The molecule has 1 heterocycles. The van der Waals surface area contributed by atoms with Crippen molar-refractivity contribution in [3.8, 4) is 11.1 Å². The molecule has 0 fully saturated rings. The van der Waals surface area contributed by atoms with Crippen LogP contribution in [-0.4, -0.2) is 23.0 Å². The Morgan fingerprint density at radius 2 is 2.00 bits per heavy atom. The minimum absolute atomic E-state index is 0.281. The van der Waals surface area contributed by atoms with Crippen molar-refractivity contribution >= 4 is 5.97 Å². The first-order valence-corrected chi connectivity index (χ1v) is 4.76. The van der Waals surface area contributed by atoms with Crippen molar-refractivity contribution in [2.24, 2.45) is 0 Å². The van der Waals surface area contributed by atoms with Gasteiger partial charge in [0.05, 0.1) is 7.11 Å². The summed E-state index contributed by atoms with van der Waals surface area (Å²) in [4.78, 5) is 19.4. The minimum Gasteiger partial charge on any atom is -0.464 e. The fourth-order valence-corrected chi connectivity index (χ4v) is 1.42. The Morgan fingerprint density at radius 3 is 2.69 bits per heavy atom. The van der Waals surface area contributed by atoms with E-state index in [1.807, 2.05) is 30.3 Å². The highest BCUT2D eigenvalue weighted by atomic mass is 16.5. The Bertz CT molecular complexity index is 497. The summed E-state index contributed by atoms with van der Waals surface area (Å²) in [6.07, 6.45) is 2.94. The van der Waals surface area contributed by atoms with Gasteiger partial charge in [-0.1, -0.05) is 30.3 Å². The van der Waals surface area contributed by atoms with Crippen LogP contribution < -0.4 is 0 Å². The second-order valence-electron chi connectivity index (χ2n) is 3.14. The van der Waals surface area contributed by atoms with E-state index in [-0.39, 0.29) is 5.69 Å². The van der Waals surface area contributed by atoms with Crippen LogP contribution in [0.4, 0.5) is 0 Å². The van der Waals surface area contributed by atoms with Crippen LogP contribution in [0.3, 0.4) is 0 Å². The molecule has 2 rings (SSSR count). The van der Waals surface area contributed by atoms with E-state index in [4.69, 9.17) is 0 Å². The average molecular weight is 214 g/mol. The SMILES string of the molecule is COC(=O)c1ncncc1-c1ccccc1. The molecule has 0 unspecified atom stereocenters. The molecule has 0 spiro atoms. The molecule has 0 amide bonds. The number of carbonyl (C=O) groups excluding carboxylic acids is 1. The zero-order valence-electron chi connectivity index (χ0n) is 8.75. The maximum absolute atomic E-state index is 11.5. The van der Waals surface area contributed by atoms with Crippen LogP contribution in [0, 0.1) is 0 Å². The number of nitrogens with zero attached hydrogens (tertiary/aromatic N) is 2. The predicted octanol–water partition coefficient (Wildman–Crippen LogP) is 1.93. The molecule has 1 aromatic carbocycles.